The maximum atomic E-state index is 12.2. The molecule has 152 valence electrons. The summed E-state index contributed by atoms with van der Waals surface area (Å²) in [4.78, 5) is 34.4. The van der Waals surface area contributed by atoms with Crippen molar-refractivity contribution in [2.24, 2.45) is 0 Å². The summed E-state index contributed by atoms with van der Waals surface area (Å²) in [6, 6.07) is 9.99. The molecule has 0 radical (unpaired) electrons. The number of hydrogen-bond donors (Lipinski definition) is 2. The fourth-order valence-electron chi connectivity index (χ4n) is 2.33. The molecular weight excluding hydrogens is 398 g/mol. The summed E-state index contributed by atoms with van der Waals surface area (Å²) in [6.45, 7) is 3.76. The Labute approximate surface area is 172 Å². The Bertz CT molecular complexity index is 930. The lowest BCUT2D eigenvalue weighted by atomic mass is 10.1. The highest BCUT2D eigenvalue weighted by Gasteiger charge is 2.17. The summed E-state index contributed by atoms with van der Waals surface area (Å²) in [7, 11) is 0. The van der Waals surface area contributed by atoms with Crippen LogP contribution >= 0.6 is 12.2 Å². The van der Waals surface area contributed by atoms with Crippen LogP contribution < -0.4 is 10.6 Å². The van der Waals surface area contributed by atoms with Crippen LogP contribution in [0.25, 0.3) is 0 Å². The highest BCUT2D eigenvalue weighted by molar-refractivity contribution is 7.80. The van der Waals surface area contributed by atoms with Crippen molar-refractivity contribution in [1.29, 1.82) is 0 Å². The minimum Gasteiger partial charge on any atom is -0.462 e. The molecule has 0 aliphatic carbocycles. The number of non-ortho nitro benzene ring substituents is 1. The van der Waals surface area contributed by atoms with Gasteiger partial charge in [-0.2, -0.15) is 0 Å². The van der Waals surface area contributed by atoms with E-state index in [0.29, 0.717) is 5.69 Å². The molecule has 0 saturated carbocycles. The molecule has 0 amide bonds. The van der Waals surface area contributed by atoms with Crippen LogP contribution in [0.2, 0.25) is 0 Å². The number of ether oxygens (including phenoxy) is 2. The number of hydrogen-bond acceptors (Lipinski definition) is 7. The molecule has 0 spiro atoms. The summed E-state index contributed by atoms with van der Waals surface area (Å²) in [5.74, 6) is -1.12. The molecule has 0 saturated heterocycles. The van der Waals surface area contributed by atoms with Crippen LogP contribution in [-0.2, 0) is 9.47 Å². The number of thiocarbonyl (C=S) groups is 1. The van der Waals surface area contributed by atoms with Crippen molar-refractivity contribution < 1.29 is 24.0 Å². The number of nitro groups is 1. The van der Waals surface area contributed by atoms with Crippen molar-refractivity contribution in [3.63, 3.8) is 0 Å². The molecule has 0 aliphatic heterocycles. The molecule has 29 heavy (non-hydrogen) atoms. The lowest BCUT2D eigenvalue weighted by Crippen LogP contribution is -2.21. The highest BCUT2D eigenvalue weighted by Crippen LogP contribution is 2.21. The van der Waals surface area contributed by atoms with Gasteiger partial charge in [-0.05, 0) is 56.4 Å². The Morgan fingerprint density at radius 2 is 1.62 bits per heavy atom. The Balaban J connectivity index is 2.23. The zero-order valence-corrected chi connectivity index (χ0v) is 16.6. The molecule has 10 heteroatoms. The minimum atomic E-state index is -0.580. The van der Waals surface area contributed by atoms with Gasteiger partial charge in [0.05, 0.1) is 35.0 Å². The van der Waals surface area contributed by atoms with Crippen LogP contribution in [0.1, 0.15) is 34.6 Å². The van der Waals surface area contributed by atoms with Gasteiger partial charge in [0.25, 0.3) is 5.69 Å². The third kappa shape index (κ3) is 5.98. The lowest BCUT2D eigenvalue weighted by molar-refractivity contribution is -0.384. The Morgan fingerprint density at radius 3 is 2.21 bits per heavy atom. The molecule has 9 nitrogen and oxygen atoms in total. The smallest absolute Gasteiger partial charge is 0.340 e. The average Bonchev–Trinajstić information content (AvgIpc) is 2.68. The van der Waals surface area contributed by atoms with Gasteiger partial charge < -0.3 is 20.1 Å². The molecule has 2 aromatic rings. The number of nitrogens with one attached hydrogen (secondary N) is 2. The van der Waals surface area contributed by atoms with Gasteiger partial charge in [0.1, 0.15) is 0 Å². The van der Waals surface area contributed by atoms with Crippen molar-refractivity contribution in [1.82, 2.24) is 0 Å². The highest BCUT2D eigenvalue weighted by atomic mass is 32.1. The maximum absolute atomic E-state index is 12.2. The number of anilines is 2. The standard InChI is InChI=1S/C19H19N3O6S/c1-3-27-17(23)12-5-10-15(18(24)28-4-2)16(11-12)21-19(29)20-13-6-8-14(9-7-13)22(25)26/h5-11H,3-4H2,1-2H3,(H2,20,21,29). The predicted octanol–water partition coefficient (Wildman–Crippen LogP) is 3.76. The van der Waals surface area contributed by atoms with E-state index in [1.807, 2.05) is 0 Å². The molecular formula is C19H19N3O6S. The van der Waals surface area contributed by atoms with E-state index in [1.165, 1.54) is 42.5 Å². The van der Waals surface area contributed by atoms with E-state index in [-0.39, 0.29) is 40.8 Å². The Hall–Kier alpha value is -3.53. The molecule has 0 aliphatic rings. The number of nitrogens with zero attached hydrogens (tertiary/aromatic N) is 1. The number of carbonyl (C=O) groups excluding carboxylic acids is 2. The molecule has 2 rings (SSSR count). The summed E-state index contributed by atoms with van der Waals surface area (Å²) < 4.78 is 10.0. The van der Waals surface area contributed by atoms with Gasteiger partial charge >= 0.3 is 11.9 Å². The second-order valence-corrected chi connectivity index (χ2v) is 5.99. The van der Waals surface area contributed by atoms with Crippen molar-refractivity contribution in [3.8, 4) is 0 Å². The van der Waals surface area contributed by atoms with Crippen LogP contribution in [-0.4, -0.2) is 35.2 Å². The predicted molar refractivity (Wildman–Crippen MR) is 111 cm³/mol. The third-order valence-electron chi connectivity index (χ3n) is 3.61. The Kier molecular flexibility index (Phi) is 7.61. The van der Waals surface area contributed by atoms with Gasteiger partial charge in [-0.3, -0.25) is 10.1 Å². The van der Waals surface area contributed by atoms with Gasteiger partial charge in [0.15, 0.2) is 5.11 Å². The van der Waals surface area contributed by atoms with Gasteiger partial charge in [0.2, 0.25) is 0 Å². The first-order valence-electron chi connectivity index (χ1n) is 8.66. The van der Waals surface area contributed by atoms with Crippen LogP contribution in [0.3, 0.4) is 0 Å². The third-order valence-corrected chi connectivity index (χ3v) is 3.81. The van der Waals surface area contributed by atoms with Gasteiger partial charge in [-0.1, -0.05) is 0 Å². The largest absolute Gasteiger partial charge is 0.462 e. The van der Waals surface area contributed by atoms with Gasteiger partial charge in [-0.15, -0.1) is 0 Å². The number of benzene rings is 2. The van der Waals surface area contributed by atoms with E-state index in [2.05, 4.69) is 10.6 Å². The fourth-order valence-corrected chi connectivity index (χ4v) is 2.55. The summed E-state index contributed by atoms with van der Waals surface area (Å²) in [5.41, 5.74) is 1.13. The molecule has 0 atom stereocenters. The zero-order valence-electron chi connectivity index (χ0n) is 15.8. The average molecular weight is 417 g/mol. The van der Waals surface area contributed by atoms with Crippen LogP contribution in [0.15, 0.2) is 42.5 Å². The zero-order chi connectivity index (χ0) is 21.4. The van der Waals surface area contributed by atoms with Crippen LogP contribution in [0.5, 0.6) is 0 Å². The Morgan fingerprint density at radius 1 is 1.00 bits per heavy atom. The van der Waals surface area contributed by atoms with E-state index < -0.39 is 16.9 Å². The first kappa shape index (κ1) is 21.8. The second kappa shape index (κ2) is 10.1. The monoisotopic (exact) mass is 417 g/mol. The summed E-state index contributed by atoms with van der Waals surface area (Å²) in [6.07, 6.45) is 0. The number of nitro benzene ring substituents is 1. The maximum Gasteiger partial charge on any atom is 0.340 e. The topological polar surface area (TPSA) is 120 Å². The van der Waals surface area contributed by atoms with Crippen molar-refractivity contribution >= 4 is 46.3 Å². The van der Waals surface area contributed by atoms with E-state index in [1.54, 1.807) is 13.8 Å². The number of esters is 2. The lowest BCUT2D eigenvalue weighted by Gasteiger charge is -2.15. The molecule has 0 heterocycles. The molecule has 0 fully saturated rings. The molecule has 0 aromatic heterocycles. The minimum absolute atomic E-state index is 0.0545. The van der Waals surface area contributed by atoms with E-state index in [9.17, 15) is 19.7 Å². The second-order valence-electron chi connectivity index (χ2n) is 5.58. The van der Waals surface area contributed by atoms with Crippen molar-refractivity contribution in [2.75, 3.05) is 23.8 Å². The van der Waals surface area contributed by atoms with Crippen molar-refractivity contribution in [3.05, 3.63) is 63.7 Å². The molecule has 2 aromatic carbocycles. The molecule has 0 bridgehead atoms. The SMILES string of the molecule is CCOC(=O)c1ccc(C(=O)OCC)c(NC(=S)Nc2ccc([N+](=O)[O-])cc2)c1. The molecule has 2 N–H and O–H groups in total. The molecule has 0 unspecified atom stereocenters. The van der Waals surface area contributed by atoms with Gasteiger partial charge in [0, 0.05) is 17.8 Å². The number of carbonyl (C=O) groups is 2. The fraction of sp³-hybridized carbons (Fsp3) is 0.211. The van der Waals surface area contributed by atoms with E-state index >= 15 is 0 Å². The quantitative estimate of drug-likeness (QED) is 0.300. The first-order valence-corrected chi connectivity index (χ1v) is 9.07. The normalized spacial score (nSPS) is 10.0. The summed E-state index contributed by atoms with van der Waals surface area (Å²) in [5, 5.41) is 16.6. The van der Waals surface area contributed by atoms with Crippen LogP contribution in [0, 0.1) is 10.1 Å². The van der Waals surface area contributed by atoms with E-state index in [4.69, 9.17) is 21.7 Å². The van der Waals surface area contributed by atoms with E-state index in [0.717, 1.165) is 0 Å². The first-order chi connectivity index (χ1) is 13.8. The van der Waals surface area contributed by atoms with Crippen molar-refractivity contribution in [2.45, 2.75) is 13.8 Å². The number of rotatable bonds is 7. The van der Waals surface area contributed by atoms with Crippen LogP contribution in [0.4, 0.5) is 17.1 Å². The summed E-state index contributed by atoms with van der Waals surface area (Å²) >= 11 is 5.25. The van der Waals surface area contributed by atoms with Gasteiger partial charge in [-0.25, -0.2) is 9.59 Å².